The van der Waals surface area contributed by atoms with Gasteiger partial charge in [-0.1, -0.05) is 18.2 Å². The molecule has 1 N–H and O–H groups in total. The highest BCUT2D eigenvalue weighted by molar-refractivity contribution is 5.87. The van der Waals surface area contributed by atoms with Gasteiger partial charge >= 0.3 is 0 Å². The Morgan fingerprint density at radius 1 is 0.923 bits per heavy atom. The van der Waals surface area contributed by atoms with Crippen molar-refractivity contribution in [2.45, 2.75) is 19.3 Å². The van der Waals surface area contributed by atoms with Gasteiger partial charge in [0, 0.05) is 51.5 Å². The van der Waals surface area contributed by atoms with Gasteiger partial charge in [0.05, 0.1) is 5.69 Å². The summed E-state index contributed by atoms with van der Waals surface area (Å²) in [7, 11) is 0. The summed E-state index contributed by atoms with van der Waals surface area (Å²) in [6.45, 7) is 6.27. The number of anilines is 1. The molecule has 6 nitrogen and oxygen atoms in total. The quantitative estimate of drug-likeness (QED) is 0.838. The van der Waals surface area contributed by atoms with E-state index in [9.17, 15) is 0 Å². The van der Waals surface area contributed by atoms with Gasteiger partial charge in [-0.3, -0.25) is 4.90 Å². The largest absolute Gasteiger partial charge is 0.373 e. The minimum absolute atomic E-state index is 0.851. The number of benzene rings is 1. The van der Waals surface area contributed by atoms with Crippen LogP contribution >= 0.6 is 0 Å². The van der Waals surface area contributed by atoms with Crippen LogP contribution in [0.2, 0.25) is 0 Å². The zero-order chi connectivity index (χ0) is 17.6. The Balaban J connectivity index is 1.17. The van der Waals surface area contributed by atoms with Crippen molar-refractivity contribution in [1.82, 2.24) is 20.2 Å². The van der Waals surface area contributed by atoms with Crippen molar-refractivity contribution in [2.24, 2.45) is 4.99 Å². The van der Waals surface area contributed by atoms with Gasteiger partial charge in [-0.25, -0.2) is 15.0 Å². The molecule has 1 saturated heterocycles. The van der Waals surface area contributed by atoms with E-state index in [1.165, 1.54) is 5.56 Å². The molecule has 1 aromatic carbocycles. The fourth-order valence-corrected chi connectivity index (χ4v) is 3.57. The highest BCUT2D eigenvalue weighted by Gasteiger charge is 2.18. The molecule has 0 saturated carbocycles. The first-order valence-corrected chi connectivity index (χ1v) is 9.52. The maximum absolute atomic E-state index is 4.74. The van der Waals surface area contributed by atoms with Gasteiger partial charge in [0.1, 0.15) is 5.84 Å². The van der Waals surface area contributed by atoms with E-state index in [2.05, 4.69) is 49.4 Å². The third-order valence-corrected chi connectivity index (χ3v) is 5.07. The summed E-state index contributed by atoms with van der Waals surface area (Å²) in [5.41, 5.74) is 2.49. The summed E-state index contributed by atoms with van der Waals surface area (Å²) in [6.07, 6.45) is 6.88. The van der Waals surface area contributed by atoms with Crippen LogP contribution in [0.4, 0.5) is 11.6 Å². The normalized spacial score (nSPS) is 17.5. The smallest absolute Gasteiger partial charge is 0.225 e. The molecule has 2 aromatic rings. The molecule has 26 heavy (non-hydrogen) atoms. The van der Waals surface area contributed by atoms with Crippen LogP contribution in [0.25, 0.3) is 0 Å². The number of hydrogen-bond acceptors (Lipinski definition) is 6. The minimum atomic E-state index is 0.851. The summed E-state index contributed by atoms with van der Waals surface area (Å²) in [5.74, 6) is 1.99. The zero-order valence-electron chi connectivity index (χ0n) is 15.1. The average Bonchev–Trinajstić information content (AvgIpc) is 2.72. The van der Waals surface area contributed by atoms with Gasteiger partial charge in [0.25, 0.3) is 0 Å². The highest BCUT2D eigenvalue weighted by Crippen LogP contribution is 2.24. The highest BCUT2D eigenvalue weighted by atomic mass is 15.3. The van der Waals surface area contributed by atoms with Crippen molar-refractivity contribution in [3.8, 4) is 0 Å². The van der Waals surface area contributed by atoms with Gasteiger partial charge < -0.3 is 10.2 Å². The minimum Gasteiger partial charge on any atom is -0.373 e. The molecule has 2 aliphatic heterocycles. The zero-order valence-corrected chi connectivity index (χ0v) is 15.1. The first kappa shape index (κ1) is 17.0. The SMILES string of the molecule is c1cnc(N2CCN(CCCNC3=Nc4ccccc4CC3)CC2)nc1. The Morgan fingerprint density at radius 2 is 1.73 bits per heavy atom. The number of nitrogens with one attached hydrogen (secondary N) is 1. The van der Waals surface area contributed by atoms with Crippen molar-refractivity contribution in [3.05, 3.63) is 48.3 Å². The third kappa shape index (κ3) is 4.19. The maximum Gasteiger partial charge on any atom is 0.225 e. The van der Waals surface area contributed by atoms with Crippen molar-refractivity contribution < 1.29 is 0 Å². The number of amidine groups is 1. The van der Waals surface area contributed by atoms with E-state index in [0.717, 1.165) is 76.0 Å². The fourth-order valence-electron chi connectivity index (χ4n) is 3.57. The molecule has 0 aliphatic carbocycles. The van der Waals surface area contributed by atoms with Gasteiger partial charge in [-0.15, -0.1) is 0 Å². The number of piperazine rings is 1. The fraction of sp³-hybridized carbons (Fsp3) is 0.450. The second-order valence-electron chi connectivity index (χ2n) is 6.85. The lowest BCUT2D eigenvalue weighted by Crippen LogP contribution is -2.47. The van der Waals surface area contributed by atoms with E-state index < -0.39 is 0 Å². The van der Waals surface area contributed by atoms with Crippen LogP contribution < -0.4 is 10.2 Å². The predicted octanol–water partition coefficient (Wildman–Crippen LogP) is 2.25. The number of fused-ring (bicyclic) bond motifs is 1. The Morgan fingerprint density at radius 3 is 2.58 bits per heavy atom. The van der Waals surface area contributed by atoms with Crippen LogP contribution in [0.15, 0.2) is 47.7 Å². The van der Waals surface area contributed by atoms with E-state index in [1.54, 1.807) is 0 Å². The summed E-state index contributed by atoms with van der Waals surface area (Å²) in [6, 6.07) is 10.3. The van der Waals surface area contributed by atoms with Crippen molar-refractivity contribution in [3.63, 3.8) is 0 Å². The van der Waals surface area contributed by atoms with Gasteiger partial charge in [-0.2, -0.15) is 0 Å². The molecule has 0 atom stereocenters. The molecule has 6 heteroatoms. The average molecular weight is 350 g/mol. The molecule has 136 valence electrons. The van der Waals surface area contributed by atoms with Crippen molar-refractivity contribution in [1.29, 1.82) is 0 Å². The Kier molecular flexibility index (Phi) is 5.40. The van der Waals surface area contributed by atoms with Gasteiger partial charge in [0.2, 0.25) is 5.95 Å². The van der Waals surface area contributed by atoms with Crippen LogP contribution in [0.5, 0.6) is 0 Å². The Bertz CT molecular complexity index is 737. The van der Waals surface area contributed by atoms with E-state index in [-0.39, 0.29) is 0 Å². The molecular formula is C20H26N6. The van der Waals surface area contributed by atoms with E-state index in [0.29, 0.717) is 0 Å². The lowest BCUT2D eigenvalue weighted by atomic mass is 10.0. The molecule has 0 radical (unpaired) electrons. The molecule has 0 unspecified atom stereocenters. The standard InChI is InChI=1S/C20H26N6/c1-2-6-18-17(5-1)7-8-19(24-18)21-11-4-12-25-13-15-26(16-14-25)20-22-9-3-10-23-20/h1-3,5-6,9-10H,4,7-8,11-16H2,(H,21,24). The molecule has 0 spiro atoms. The molecule has 1 aromatic heterocycles. The predicted molar refractivity (Wildman–Crippen MR) is 105 cm³/mol. The number of nitrogens with zero attached hydrogens (tertiary/aromatic N) is 5. The lowest BCUT2D eigenvalue weighted by molar-refractivity contribution is 0.254. The van der Waals surface area contributed by atoms with E-state index in [4.69, 9.17) is 4.99 Å². The first-order chi connectivity index (χ1) is 12.9. The number of para-hydroxylation sites is 1. The van der Waals surface area contributed by atoms with Crippen LogP contribution in [-0.2, 0) is 6.42 Å². The number of rotatable bonds is 5. The number of aliphatic imine (C=N–C) groups is 1. The van der Waals surface area contributed by atoms with Gasteiger partial charge in [0.15, 0.2) is 0 Å². The van der Waals surface area contributed by atoms with Crippen molar-refractivity contribution in [2.75, 3.05) is 44.2 Å². The molecule has 0 bridgehead atoms. The van der Waals surface area contributed by atoms with Gasteiger partial charge in [-0.05, 0) is 37.1 Å². The van der Waals surface area contributed by atoms with Crippen LogP contribution in [0, 0.1) is 0 Å². The van der Waals surface area contributed by atoms with E-state index >= 15 is 0 Å². The topological polar surface area (TPSA) is 56.7 Å². The first-order valence-electron chi connectivity index (χ1n) is 9.52. The molecule has 1 fully saturated rings. The Hall–Kier alpha value is -2.47. The number of aryl methyl sites for hydroxylation is 1. The second kappa shape index (κ2) is 8.27. The second-order valence-corrected chi connectivity index (χ2v) is 6.85. The van der Waals surface area contributed by atoms with E-state index in [1.807, 2.05) is 18.5 Å². The summed E-state index contributed by atoms with van der Waals surface area (Å²) in [5, 5.41) is 3.53. The molecule has 4 rings (SSSR count). The van der Waals surface area contributed by atoms with Crippen LogP contribution in [0.3, 0.4) is 0 Å². The third-order valence-electron chi connectivity index (χ3n) is 5.07. The number of aromatic nitrogens is 2. The molecule has 2 aliphatic rings. The summed E-state index contributed by atoms with van der Waals surface area (Å²) < 4.78 is 0. The molecular weight excluding hydrogens is 324 g/mol. The molecule has 0 amide bonds. The maximum atomic E-state index is 4.74. The monoisotopic (exact) mass is 350 g/mol. The van der Waals surface area contributed by atoms with Crippen LogP contribution in [0.1, 0.15) is 18.4 Å². The Labute approximate surface area is 155 Å². The summed E-state index contributed by atoms with van der Waals surface area (Å²) >= 11 is 0. The number of hydrogen-bond donors (Lipinski definition) is 1. The van der Waals surface area contributed by atoms with Crippen molar-refractivity contribution >= 4 is 17.5 Å². The summed E-state index contributed by atoms with van der Waals surface area (Å²) in [4.78, 5) is 18.2. The molecule has 3 heterocycles. The lowest BCUT2D eigenvalue weighted by Gasteiger charge is -2.34. The van der Waals surface area contributed by atoms with Crippen LogP contribution in [-0.4, -0.2) is 60.0 Å².